The highest BCUT2D eigenvalue weighted by atomic mass is 79.9. The molecule has 0 saturated heterocycles. The average Bonchev–Trinajstić information content (AvgIpc) is 3.27. The van der Waals surface area contributed by atoms with E-state index in [0.29, 0.717) is 11.3 Å². The van der Waals surface area contributed by atoms with E-state index in [9.17, 15) is 14.9 Å². The maximum Gasteiger partial charge on any atom is 0.286 e. The third-order valence-corrected chi connectivity index (χ3v) is 4.51. The molecule has 0 radical (unpaired) electrons. The predicted molar refractivity (Wildman–Crippen MR) is 96.2 cm³/mol. The molecule has 2 heterocycles. The van der Waals surface area contributed by atoms with Crippen LogP contribution in [0.5, 0.6) is 11.5 Å². The highest BCUT2D eigenvalue weighted by Gasteiger charge is 2.37. The normalized spacial score (nSPS) is 17.5. The van der Waals surface area contributed by atoms with Crippen molar-refractivity contribution in [2.45, 2.75) is 13.2 Å². The number of hydrazone groups is 1. The number of hydrogen-bond acceptors (Lipinski definition) is 7. The zero-order valence-electron chi connectivity index (χ0n) is 13.9. The van der Waals surface area contributed by atoms with Gasteiger partial charge in [-0.2, -0.15) is 5.01 Å². The van der Waals surface area contributed by atoms with E-state index in [1.54, 1.807) is 18.2 Å². The molecule has 0 fully saturated rings. The van der Waals surface area contributed by atoms with Gasteiger partial charge in [0, 0.05) is 23.0 Å². The van der Waals surface area contributed by atoms with Gasteiger partial charge in [0.15, 0.2) is 11.5 Å². The summed E-state index contributed by atoms with van der Waals surface area (Å²) in [6, 6.07) is 9.88. The third kappa shape index (κ3) is 3.08. The van der Waals surface area contributed by atoms with E-state index < -0.39 is 11.2 Å². The number of carbonyl (C=O) groups excluding carboxylic acids is 1. The van der Waals surface area contributed by atoms with Crippen molar-refractivity contribution in [3.05, 3.63) is 62.1 Å². The van der Waals surface area contributed by atoms with Crippen LogP contribution in [-0.4, -0.2) is 28.5 Å². The van der Waals surface area contributed by atoms with Crippen LogP contribution in [-0.2, 0) is 9.53 Å². The van der Waals surface area contributed by atoms with Gasteiger partial charge in [0.2, 0.25) is 24.8 Å². The minimum atomic E-state index is -0.833. The van der Waals surface area contributed by atoms with Gasteiger partial charge in [0.25, 0.3) is 5.69 Å². The lowest BCUT2D eigenvalue weighted by Crippen LogP contribution is -2.25. The van der Waals surface area contributed by atoms with Gasteiger partial charge in [-0.25, -0.2) is 0 Å². The number of halogens is 1. The summed E-state index contributed by atoms with van der Waals surface area (Å²) in [5, 5.41) is 16.8. The summed E-state index contributed by atoms with van der Waals surface area (Å²) < 4.78 is 17.1. The van der Waals surface area contributed by atoms with Crippen molar-refractivity contribution in [3.8, 4) is 11.5 Å². The van der Waals surface area contributed by atoms with Crippen molar-refractivity contribution in [1.29, 1.82) is 0 Å². The van der Waals surface area contributed by atoms with Gasteiger partial charge >= 0.3 is 0 Å². The first kappa shape index (κ1) is 17.3. The minimum Gasteiger partial charge on any atom is -0.454 e. The third-order valence-electron chi connectivity index (χ3n) is 4.02. The molecule has 2 aromatic carbocycles. The maximum atomic E-state index is 12.0. The zero-order valence-corrected chi connectivity index (χ0v) is 15.5. The second-order valence-corrected chi connectivity index (χ2v) is 6.69. The Morgan fingerprint density at radius 3 is 2.70 bits per heavy atom. The van der Waals surface area contributed by atoms with E-state index >= 15 is 0 Å². The molecule has 1 atom stereocenters. The Morgan fingerprint density at radius 2 is 2.04 bits per heavy atom. The first-order chi connectivity index (χ1) is 12.9. The summed E-state index contributed by atoms with van der Waals surface area (Å²) >= 11 is 3.37. The molecule has 0 saturated carbocycles. The Kier molecular flexibility index (Phi) is 4.19. The van der Waals surface area contributed by atoms with Crippen molar-refractivity contribution in [3.63, 3.8) is 0 Å². The van der Waals surface area contributed by atoms with Gasteiger partial charge in [-0.15, -0.1) is 5.10 Å². The van der Waals surface area contributed by atoms with Crippen molar-refractivity contribution >= 4 is 33.4 Å². The number of hydrogen-bond donors (Lipinski definition) is 0. The Labute approximate surface area is 161 Å². The molecule has 27 heavy (non-hydrogen) atoms. The first-order valence-corrected chi connectivity index (χ1v) is 8.62. The van der Waals surface area contributed by atoms with Crippen LogP contribution in [0.4, 0.5) is 5.69 Å². The fraction of sp³-hybridized carbons (Fsp3) is 0.176. The van der Waals surface area contributed by atoms with Crippen LogP contribution in [0.2, 0.25) is 0 Å². The highest BCUT2D eigenvalue weighted by molar-refractivity contribution is 9.10. The fourth-order valence-electron chi connectivity index (χ4n) is 2.81. The summed E-state index contributed by atoms with van der Waals surface area (Å²) in [7, 11) is 0. The second kappa shape index (κ2) is 6.54. The number of fused-ring (bicyclic) bond motifs is 1. The summed E-state index contributed by atoms with van der Waals surface area (Å²) in [6.45, 7) is 1.32. The lowest BCUT2D eigenvalue weighted by Gasteiger charge is -2.19. The van der Waals surface area contributed by atoms with Gasteiger partial charge in [-0.3, -0.25) is 14.9 Å². The molecule has 2 aliphatic heterocycles. The van der Waals surface area contributed by atoms with Crippen LogP contribution >= 0.6 is 15.9 Å². The van der Waals surface area contributed by atoms with Crippen LogP contribution in [0.3, 0.4) is 0 Å². The lowest BCUT2D eigenvalue weighted by molar-refractivity contribution is -0.385. The zero-order chi connectivity index (χ0) is 19.1. The molecular formula is C17H12BrN3O6. The Bertz CT molecular complexity index is 993. The molecule has 4 rings (SSSR count). The Hall–Kier alpha value is -3.14. The van der Waals surface area contributed by atoms with Crippen molar-refractivity contribution < 1.29 is 23.9 Å². The predicted octanol–water partition coefficient (Wildman–Crippen LogP) is 3.33. The van der Waals surface area contributed by atoms with E-state index in [1.165, 1.54) is 19.1 Å². The van der Waals surface area contributed by atoms with Crippen LogP contribution in [0, 0.1) is 10.1 Å². The van der Waals surface area contributed by atoms with E-state index in [1.807, 2.05) is 6.07 Å². The van der Waals surface area contributed by atoms with E-state index in [0.717, 1.165) is 9.48 Å². The van der Waals surface area contributed by atoms with Crippen LogP contribution in [0.15, 0.2) is 46.0 Å². The second-order valence-electron chi connectivity index (χ2n) is 5.77. The molecule has 1 amide bonds. The smallest absolute Gasteiger partial charge is 0.286 e. The number of amides is 1. The summed E-state index contributed by atoms with van der Waals surface area (Å²) in [4.78, 5) is 23.0. The molecule has 0 N–H and O–H groups in total. The molecule has 2 aromatic rings. The monoisotopic (exact) mass is 433 g/mol. The SMILES string of the molecule is CC(=O)N1N=C(c2cc3c(cc2[N+](=O)[O-])OCO3)O[C@@H]1c1cccc(Br)c1. The topological polar surface area (TPSA) is 104 Å². The largest absolute Gasteiger partial charge is 0.454 e. The van der Waals surface area contributed by atoms with Crippen LogP contribution < -0.4 is 9.47 Å². The molecule has 0 aromatic heterocycles. The number of nitrogens with zero attached hydrogens (tertiary/aromatic N) is 3. The number of ether oxygens (including phenoxy) is 3. The summed E-state index contributed by atoms with van der Waals surface area (Å²) in [5.74, 6) is 0.219. The Morgan fingerprint density at radius 1 is 1.30 bits per heavy atom. The molecular weight excluding hydrogens is 422 g/mol. The number of nitro groups is 1. The molecule has 0 bridgehead atoms. The summed E-state index contributed by atoms with van der Waals surface area (Å²) in [5.41, 5.74) is 0.520. The van der Waals surface area contributed by atoms with Crippen molar-refractivity contribution in [2.24, 2.45) is 5.10 Å². The van der Waals surface area contributed by atoms with Crippen molar-refractivity contribution in [2.75, 3.05) is 6.79 Å². The number of benzene rings is 2. The molecule has 2 aliphatic rings. The van der Waals surface area contributed by atoms with Gasteiger partial charge in [0.05, 0.1) is 11.0 Å². The van der Waals surface area contributed by atoms with Crippen LogP contribution in [0.1, 0.15) is 24.3 Å². The van der Waals surface area contributed by atoms with Crippen molar-refractivity contribution in [1.82, 2.24) is 5.01 Å². The standard InChI is InChI=1S/C17H12BrN3O6/c1-9(22)20-17(10-3-2-4-11(18)5-10)27-16(19-20)12-6-14-15(26-8-25-14)7-13(12)21(23)24/h2-7,17H,8H2,1H3/t17-/m1/s1. The number of rotatable bonds is 3. The van der Waals surface area contributed by atoms with Gasteiger partial charge in [-0.05, 0) is 12.1 Å². The molecule has 9 nitrogen and oxygen atoms in total. The van der Waals surface area contributed by atoms with E-state index in [2.05, 4.69) is 21.0 Å². The maximum absolute atomic E-state index is 12.0. The highest BCUT2D eigenvalue weighted by Crippen LogP contribution is 2.40. The Balaban J connectivity index is 1.78. The molecule has 0 unspecified atom stereocenters. The number of carbonyl (C=O) groups is 1. The first-order valence-electron chi connectivity index (χ1n) is 7.83. The molecule has 0 aliphatic carbocycles. The molecule has 0 spiro atoms. The lowest BCUT2D eigenvalue weighted by atomic mass is 10.1. The quantitative estimate of drug-likeness (QED) is 0.543. The van der Waals surface area contributed by atoms with E-state index in [-0.39, 0.29) is 35.6 Å². The average molecular weight is 434 g/mol. The van der Waals surface area contributed by atoms with Gasteiger partial charge in [-0.1, -0.05) is 28.1 Å². The van der Waals surface area contributed by atoms with Gasteiger partial charge in [0.1, 0.15) is 5.56 Å². The van der Waals surface area contributed by atoms with Crippen LogP contribution in [0.25, 0.3) is 0 Å². The fourth-order valence-corrected chi connectivity index (χ4v) is 3.22. The summed E-state index contributed by atoms with van der Waals surface area (Å²) in [6.07, 6.45) is -0.833. The molecule has 138 valence electrons. The number of nitro benzene ring substituents is 1. The van der Waals surface area contributed by atoms with E-state index in [4.69, 9.17) is 14.2 Å². The molecule has 10 heteroatoms. The van der Waals surface area contributed by atoms with Gasteiger partial charge < -0.3 is 14.2 Å². The minimum absolute atomic E-state index is 0.0243.